The first-order valence-electron chi connectivity index (χ1n) is 4.73. The quantitative estimate of drug-likeness (QED) is 0.774. The van der Waals surface area contributed by atoms with Gasteiger partial charge >= 0.3 is 0 Å². The number of phenolic OH excluding ortho intramolecular Hbond substituents is 1. The van der Waals surface area contributed by atoms with Crippen LogP contribution in [0.5, 0.6) is 11.5 Å². The molecule has 0 aliphatic carbocycles. The highest BCUT2D eigenvalue weighted by Crippen LogP contribution is 2.28. The minimum atomic E-state index is -0.0501. The van der Waals surface area contributed by atoms with Crippen molar-refractivity contribution in [3.8, 4) is 17.6 Å². The Morgan fingerprint density at radius 1 is 1.53 bits per heavy atom. The minimum Gasteiger partial charge on any atom is -0.506 e. The van der Waals surface area contributed by atoms with Gasteiger partial charge in [0.25, 0.3) is 0 Å². The number of aromatic hydroxyl groups is 1. The van der Waals surface area contributed by atoms with E-state index in [-0.39, 0.29) is 11.3 Å². The molecule has 0 aliphatic rings. The van der Waals surface area contributed by atoms with E-state index in [0.717, 1.165) is 18.4 Å². The SMILES string of the molecule is COc1cc(O)c(C#N)cc1CCCN. The van der Waals surface area contributed by atoms with Crippen LogP contribution in [0.4, 0.5) is 0 Å². The molecule has 0 radical (unpaired) electrons. The molecule has 0 aromatic heterocycles. The average Bonchev–Trinajstić information content (AvgIpc) is 2.26. The van der Waals surface area contributed by atoms with E-state index < -0.39 is 0 Å². The monoisotopic (exact) mass is 206 g/mol. The van der Waals surface area contributed by atoms with Crippen LogP contribution in [0.3, 0.4) is 0 Å². The third-order valence-corrected chi connectivity index (χ3v) is 2.17. The van der Waals surface area contributed by atoms with Crippen LogP contribution < -0.4 is 10.5 Å². The molecule has 0 amide bonds. The smallest absolute Gasteiger partial charge is 0.137 e. The average molecular weight is 206 g/mol. The van der Waals surface area contributed by atoms with Crippen LogP contribution in [0.15, 0.2) is 12.1 Å². The second-order valence-corrected chi connectivity index (χ2v) is 3.19. The van der Waals surface area contributed by atoms with Crippen molar-refractivity contribution in [2.75, 3.05) is 13.7 Å². The molecule has 15 heavy (non-hydrogen) atoms. The van der Waals surface area contributed by atoms with Crippen LogP contribution in [-0.2, 0) is 6.42 Å². The number of benzene rings is 1. The number of methoxy groups -OCH3 is 1. The predicted octanol–water partition coefficient (Wildman–Crippen LogP) is 1.16. The molecule has 1 aromatic rings. The molecule has 4 nitrogen and oxygen atoms in total. The lowest BCUT2D eigenvalue weighted by molar-refractivity contribution is 0.402. The Kier molecular flexibility index (Phi) is 3.95. The number of hydrogen-bond acceptors (Lipinski definition) is 4. The maximum Gasteiger partial charge on any atom is 0.137 e. The van der Waals surface area contributed by atoms with E-state index >= 15 is 0 Å². The van der Waals surface area contributed by atoms with Crippen molar-refractivity contribution >= 4 is 0 Å². The molecule has 1 aromatic carbocycles. The summed E-state index contributed by atoms with van der Waals surface area (Å²) in [5, 5.41) is 18.2. The maximum atomic E-state index is 9.45. The zero-order valence-electron chi connectivity index (χ0n) is 8.66. The van der Waals surface area contributed by atoms with Gasteiger partial charge in [-0.2, -0.15) is 5.26 Å². The van der Waals surface area contributed by atoms with Gasteiger partial charge in [0, 0.05) is 6.07 Å². The van der Waals surface area contributed by atoms with Crippen molar-refractivity contribution in [3.05, 3.63) is 23.3 Å². The van der Waals surface area contributed by atoms with E-state index in [1.54, 1.807) is 6.07 Å². The fourth-order valence-electron chi connectivity index (χ4n) is 1.38. The van der Waals surface area contributed by atoms with Crippen LogP contribution in [-0.4, -0.2) is 18.8 Å². The Bertz CT molecular complexity index is 383. The number of nitriles is 1. The zero-order chi connectivity index (χ0) is 11.3. The molecule has 0 fully saturated rings. The fourth-order valence-corrected chi connectivity index (χ4v) is 1.38. The second-order valence-electron chi connectivity index (χ2n) is 3.19. The van der Waals surface area contributed by atoms with E-state index in [9.17, 15) is 5.11 Å². The minimum absolute atomic E-state index is 0.0501. The number of nitrogens with two attached hydrogens (primary N) is 1. The molecular formula is C11H14N2O2. The van der Waals surface area contributed by atoms with Crippen LogP contribution in [0.2, 0.25) is 0 Å². The van der Waals surface area contributed by atoms with Gasteiger partial charge < -0.3 is 15.6 Å². The highest BCUT2D eigenvalue weighted by atomic mass is 16.5. The Balaban J connectivity index is 3.06. The Morgan fingerprint density at radius 2 is 2.27 bits per heavy atom. The van der Waals surface area contributed by atoms with Crippen molar-refractivity contribution in [1.82, 2.24) is 0 Å². The first-order valence-corrected chi connectivity index (χ1v) is 4.73. The van der Waals surface area contributed by atoms with Gasteiger partial charge in [-0.3, -0.25) is 0 Å². The lowest BCUT2D eigenvalue weighted by Crippen LogP contribution is -2.02. The molecule has 3 N–H and O–H groups in total. The molecule has 0 aliphatic heterocycles. The summed E-state index contributed by atoms with van der Waals surface area (Å²) in [6.07, 6.45) is 1.57. The number of ether oxygens (including phenoxy) is 1. The summed E-state index contributed by atoms with van der Waals surface area (Å²) in [5.74, 6) is 0.547. The van der Waals surface area contributed by atoms with E-state index in [1.165, 1.54) is 13.2 Å². The van der Waals surface area contributed by atoms with Gasteiger partial charge in [-0.15, -0.1) is 0 Å². The molecule has 80 valence electrons. The second kappa shape index (κ2) is 5.23. The Morgan fingerprint density at radius 3 is 2.80 bits per heavy atom. The van der Waals surface area contributed by atoms with Gasteiger partial charge in [-0.05, 0) is 31.0 Å². The largest absolute Gasteiger partial charge is 0.506 e. The van der Waals surface area contributed by atoms with E-state index in [2.05, 4.69) is 0 Å². The molecule has 0 bridgehead atoms. The van der Waals surface area contributed by atoms with Crippen LogP contribution >= 0.6 is 0 Å². The van der Waals surface area contributed by atoms with Gasteiger partial charge in [0.2, 0.25) is 0 Å². The normalized spacial score (nSPS) is 9.67. The summed E-state index contributed by atoms with van der Waals surface area (Å²) in [7, 11) is 1.53. The molecule has 4 heteroatoms. The summed E-state index contributed by atoms with van der Waals surface area (Å²) in [4.78, 5) is 0. The lowest BCUT2D eigenvalue weighted by atomic mass is 10.0. The highest BCUT2D eigenvalue weighted by Gasteiger charge is 2.08. The molecule has 0 heterocycles. The first kappa shape index (κ1) is 11.3. The predicted molar refractivity (Wildman–Crippen MR) is 56.7 cm³/mol. The van der Waals surface area contributed by atoms with Gasteiger partial charge in [-0.25, -0.2) is 0 Å². The molecule has 1 rings (SSSR count). The molecule has 0 unspecified atom stereocenters. The van der Waals surface area contributed by atoms with E-state index in [0.29, 0.717) is 12.3 Å². The van der Waals surface area contributed by atoms with Crippen molar-refractivity contribution in [2.24, 2.45) is 5.73 Å². The summed E-state index contributed by atoms with van der Waals surface area (Å²) >= 11 is 0. The molecule has 0 saturated carbocycles. The Labute approximate surface area is 88.9 Å². The number of aryl methyl sites for hydroxylation is 1. The Hall–Kier alpha value is -1.73. The summed E-state index contributed by atoms with van der Waals surface area (Å²) in [6.45, 7) is 0.589. The first-order chi connectivity index (χ1) is 7.22. The molecular weight excluding hydrogens is 192 g/mol. The maximum absolute atomic E-state index is 9.45. The van der Waals surface area contributed by atoms with Crippen molar-refractivity contribution in [1.29, 1.82) is 5.26 Å². The van der Waals surface area contributed by atoms with Crippen molar-refractivity contribution in [2.45, 2.75) is 12.8 Å². The summed E-state index contributed by atoms with van der Waals surface area (Å²) in [5.41, 5.74) is 6.58. The van der Waals surface area contributed by atoms with Crippen LogP contribution in [0, 0.1) is 11.3 Å². The number of hydrogen-bond donors (Lipinski definition) is 2. The summed E-state index contributed by atoms with van der Waals surface area (Å²) in [6, 6.07) is 5.03. The lowest BCUT2D eigenvalue weighted by Gasteiger charge is -2.09. The van der Waals surface area contributed by atoms with Gasteiger partial charge in [-0.1, -0.05) is 0 Å². The zero-order valence-corrected chi connectivity index (χ0v) is 8.66. The highest BCUT2D eigenvalue weighted by molar-refractivity contribution is 5.51. The van der Waals surface area contributed by atoms with Crippen LogP contribution in [0.1, 0.15) is 17.5 Å². The van der Waals surface area contributed by atoms with E-state index in [1.807, 2.05) is 6.07 Å². The number of rotatable bonds is 4. The van der Waals surface area contributed by atoms with E-state index in [4.69, 9.17) is 15.7 Å². The van der Waals surface area contributed by atoms with Gasteiger partial charge in [0.05, 0.1) is 12.7 Å². The van der Waals surface area contributed by atoms with Gasteiger partial charge in [0.15, 0.2) is 0 Å². The molecule has 0 spiro atoms. The third kappa shape index (κ3) is 2.61. The number of phenols is 1. The standard InChI is InChI=1S/C11H14N2O2/c1-15-11-6-10(14)9(7-13)5-8(11)3-2-4-12/h5-6,14H,2-4,12H2,1H3. The molecule has 0 saturated heterocycles. The fraction of sp³-hybridized carbons (Fsp3) is 0.364. The van der Waals surface area contributed by atoms with Crippen LogP contribution in [0.25, 0.3) is 0 Å². The third-order valence-electron chi connectivity index (χ3n) is 2.17. The molecule has 0 atom stereocenters. The van der Waals surface area contributed by atoms with Crippen molar-refractivity contribution < 1.29 is 9.84 Å². The topological polar surface area (TPSA) is 79.3 Å². The van der Waals surface area contributed by atoms with Crippen molar-refractivity contribution in [3.63, 3.8) is 0 Å². The summed E-state index contributed by atoms with van der Waals surface area (Å²) < 4.78 is 5.11. The van der Waals surface area contributed by atoms with Gasteiger partial charge in [0.1, 0.15) is 17.6 Å². The number of nitrogens with zero attached hydrogens (tertiary/aromatic N) is 1.